The van der Waals surface area contributed by atoms with Crippen molar-refractivity contribution in [3.05, 3.63) is 28.8 Å². The number of anilines is 1. The smallest absolute Gasteiger partial charge is 0.251 e. The van der Waals surface area contributed by atoms with E-state index in [-0.39, 0.29) is 11.9 Å². The Kier molecular flexibility index (Phi) is 5.26. The van der Waals surface area contributed by atoms with E-state index in [2.05, 4.69) is 10.2 Å². The number of likely N-dealkylation sites (tertiary alicyclic amines) is 1. The largest absolute Gasteiger partial charge is 0.399 e. The standard InChI is InChI=1S/C15H22ClN3O/c1-11(10-19-5-3-2-4-6-19)18-15(20)12-7-13(16)9-14(17)8-12/h7-9,11H,2-6,10,17H2,1H3,(H,18,20). The summed E-state index contributed by atoms with van der Waals surface area (Å²) in [5.41, 5.74) is 6.72. The van der Waals surface area contributed by atoms with Gasteiger partial charge in [-0.3, -0.25) is 4.79 Å². The third-order valence-electron chi connectivity index (χ3n) is 3.54. The average Bonchev–Trinajstić information content (AvgIpc) is 2.38. The Labute approximate surface area is 125 Å². The van der Waals surface area contributed by atoms with Gasteiger partial charge < -0.3 is 16.0 Å². The molecular formula is C15H22ClN3O. The van der Waals surface area contributed by atoms with Crippen molar-refractivity contribution < 1.29 is 4.79 Å². The van der Waals surface area contributed by atoms with Crippen LogP contribution in [-0.2, 0) is 0 Å². The number of benzene rings is 1. The summed E-state index contributed by atoms with van der Waals surface area (Å²) in [6, 6.07) is 5.03. The number of carbonyl (C=O) groups is 1. The first-order valence-corrected chi connectivity index (χ1v) is 7.51. The zero-order valence-corrected chi connectivity index (χ0v) is 12.6. The van der Waals surface area contributed by atoms with E-state index in [0.29, 0.717) is 16.3 Å². The molecular weight excluding hydrogens is 274 g/mol. The summed E-state index contributed by atoms with van der Waals surface area (Å²) < 4.78 is 0. The van der Waals surface area contributed by atoms with Crippen molar-refractivity contribution in [1.29, 1.82) is 0 Å². The molecule has 1 aliphatic rings. The van der Waals surface area contributed by atoms with Gasteiger partial charge in [-0.1, -0.05) is 18.0 Å². The predicted octanol–water partition coefficient (Wildman–Crippen LogP) is 2.53. The fourth-order valence-corrected chi connectivity index (χ4v) is 2.87. The van der Waals surface area contributed by atoms with Gasteiger partial charge in [0.15, 0.2) is 0 Å². The summed E-state index contributed by atoms with van der Waals surface area (Å²) in [6.07, 6.45) is 3.83. The lowest BCUT2D eigenvalue weighted by atomic mass is 10.1. The van der Waals surface area contributed by atoms with Crippen LogP contribution in [0, 0.1) is 0 Å². The molecule has 1 aromatic rings. The summed E-state index contributed by atoms with van der Waals surface area (Å²) in [7, 11) is 0. The number of nitrogen functional groups attached to an aromatic ring is 1. The van der Waals surface area contributed by atoms with Crippen LogP contribution in [0.3, 0.4) is 0 Å². The number of carbonyl (C=O) groups excluding carboxylic acids is 1. The highest BCUT2D eigenvalue weighted by Crippen LogP contribution is 2.16. The molecule has 0 aliphatic carbocycles. The molecule has 2 rings (SSSR count). The summed E-state index contributed by atoms with van der Waals surface area (Å²) in [5.74, 6) is -0.122. The minimum Gasteiger partial charge on any atom is -0.399 e. The van der Waals surface area contributed by atoms with Crippen LogP contribution in [0.15, 0.2) is 18.2 Å². The van der Waals surface area contributed by atoms with E-state index in [9.17, 15) is 4.79 Å². The molecule has 1 unspecified atom stereocenters. The molecule has 0 radical (unpaired) electrons. The lowest BCUT2D eigenvalue weighted by Crippen LogP contribution is -2.43. The molecule has 0 aromatic heterocycles. The fourth-order valence-electron chi connectivity index (χ4n) is 2.63. The Morgan fingerprint density at radius 1 is 1.35 bits per heavy atom. The van der Waals surface area contributed by atoms with Crippen LogP contribution in [0.1, 0.15) is 36.5 Å². The molecule has 4 nitrogen and oxygen atoms in total. The summed E-state index contributed by atoms with van der Waals surface area (Å²) >= 11 is 5.92. The van der Waals surface area contributed by atoms with Crippen LogP contribution >= 0.6 is 11.6 Å². The molecule has 1 saturated heterocycles. The highest BCUT2D eigenvalue weighted by molar-refractivity contribution is 6.31. The summed E-state index contributed by atoms with van der Waals surface area (Å²) in [4.78, 5) is 14.6. The molecule has 5 heteroatoms. The van der Waals surface area contributed by atoms with Gasteiger partial charge in [-0.2, -0.15) is 0 Å². The second kappa shape index (κ2) is 6.95. The molecule has 1 aromatic carbocycles. The molecule has 1 aliphatic heterocycles. The van der Waals surface area contributed by atoms with Gasteiger partial charge >= 0.3 is 0 Å². The van der Waals surface area contributed by atoms with E-state index in [1.165, 1.54) is 19.3 Å². The summed E-state index contributed by atoms with van der Waals surface area (Å²) in [6.45, 7) is 5.18. The van der Waals surface area contributed by atoms with Gasteiger partial charge in [0.05, 0.1) is 0 Å². The molecule has 0 bridgehead atoms. The van der Waals surface area contributed by atoms with Crippen molar-refractivity contribution in [2.45, 2.75) is 32.2 Å². The van der Waals surface area contributed by atoms with Crippen molar-refractivity contribution >= 4 is 23.2 Å². The minimum absolute atomic E-state index is 0.112. The van der Waals surface area contributed by atoms with Crippen molar-refractivity contribution in [3.8, 4) is 0 Å². The molecule has 1 heterocycles. The third kappa shape index (κ3) is 4.39. The zero-order chi connectivity index (χ0) is 14.5. The number of hydrogen-bond donors (Lipinski definition) is 2. The minimum atomic E-state index is -0.122. The van der Waals surface area contributed by atoms with Gasteiger partial charge in [0, 0.05) is 28.9 Å². The lowest BCUT2D eigenvalue weighted by molar-refractivity contribution is 0.0925. The van der Waals surface area contributed by atoms with Crippen molar-refractivity contribution in [2.24, 2.45) is 0 Å². The normalized spacial score (nSPS) is 17.7. The topological polar surface area (TPSA) is 58.4 Å². The lowest BCUT2D eigenvalue weighted by Gasteiger charge is -2.29. The number of hydrogen-bond acceptors (Lipinski definition) is 3. The monoisotopic (exact) mass is 295 g/mol. The van der Waals surface area contributed by atoms with E-state index in [1.54, 1.807) is 18.2 Å². The maximum absolute atomic E-state index is 12.2. The number of nitrogens with one attached hydrogen (secondary N) is 1. The van der Waals surface area contributed by atoms with E-state index in [4.69, 9.17) is 17.3 Å². The molecule has 110 valence electrons. The highest BCUT2D eigenvalue weighted by atomic mass is 35.5. The van der Waals surface area contributed by atoms with E-state index < -0.39 is 0 Å². The van der Waals surface area contributed by atoms with Gasteiger partial charge in [-0.15, -0.1) is 0 Å². The molecule has 3 N–H and O–H groups in total. The SMILES string of the molecule is CC(CN1CCCCC1)NC(=O)c1cc(N)cc(Cl)c1. The average molecular weight is 296 g/mol. The first kappa shape index (κ1) is 15.1. The Balaban J connectivity index is 1.89. The Morgan fingerprint density at radius 2 is 2.05 bits per heavy atom. The number of amides is 1. The Morgan fingerprint density at radius 3 is 2.70 bits per heavy atom. The van der Waals surface area contributed by atoms with Crippen LogP contribution in [0.5, 0.6) is 0 Å². The van der Waals surface area contributed by atoms with Gasteiger partial charge in [-0.05, 0) is 51.1 Å². The van der Waals surface area contributed by atoms with Crippen LogP contribution in [0.25, 0.3) is 0 Å². The first-order valence-electron chi connectivity index (χ1n) is 7.14. The van der Waals surface area contributed by atoms with Gasteiger partial charge in [-0.25, -0.2) is 0 Å². The van der Waals surface area contributed by atoms with Gasteiger partial charge in [0.2, 0.25) is 0 Å². The van der Waals surface area contributed by atoms with Crippen LogP contribution in [0.4, 0.5) is 5.69 Å². The second-order valence-corrected chi connectivity index (χ2v) is 5.95. The number of piperidine rings is 1. The first-order chi connectivity index (χ1) is 9.54. The van der Waals surface area contributed by atoms with Crippen LogP contribution < -0.4 is 11.1 Å². The predicted molar refractivity (Wildman–Crippen MR) is 83.1 cm³/mol. The maximum atomic E-state index is 12.2. The van der Waals surface area contributed by atoms with Gasteiger partial charge in [0.1, 0.15) is 0 Å². The van der Waals surface area contributed by atoms with Crippen LogP contribution in [-0.4, -0.2) is 36.5 Å². The van der Waals surface area contributed by atoms with Gasteiger partial charge in [0.25, 0.3) is 5.91 Å². The Hall–Kier alpha value is -1.26. The van der Waals surface area contributed by atoms with Crippen molar-refractivity contribution in [3.63, 3.8) is 0 Å². The van der Waals surface area contributed by atoms with Crippen molar-refractivity contribution in [2.75, 3.05) is 25.4 Å². The maximum Gasteiger partial charge on any atom is 0.251 e. The van der Waals surface area contributed by atoms with E-state index in [0.717, 1.165) is 19.6 Å². The molecule has 1 fully saturated rings. The molecule has 0 spiro atoms. The third-order valence-corrected chi connectivity index (χ3v) is 3.76. The van der Waals surface area contributed by atoms with Crippen molar-refractivity contribution in [1.82, 2.24) is 10.2 Å². The van der Waals surface area contributed by atoms with E-state index >= 15 is 0 Å². The highest BCUT2D eigenvalue weighted by Gasteiger charge is 2.16. The number of halogens is 1. The summed E-state index contributed by atoms with van der Waals surface area (Å²) in [5, 5.41) is 3.49. The number of nitrogens with zero attached hydrogens (tertiary/aromatic N) is 1. The molecule has 0 saturated carbocycles. The molecule has 1 atom stereocenters. The Bertz CT molecular complexity index is 452. The van der Waals surface area contributed by atoms with E-state index in [1.807, 2.05) is 6.92 Å². The second-order valence-electron chi connectivity index (χ2n) is 5.51. The zero-order valence-electron chi connectivity index (χ0n) is 11.9. The number of nitrogens with two attached hydrogens (primary N) is 1. The van der Waals surface area contributed by atoms with Crippen LogP contribution in [0.2, 0.25) is 5.02 Å². The fraction of sp³-hybridized carbons (Fsp3) is 0.533. The quantitative estimate of drug-likeness (QED) is 0.839. The molecule has 1 amide bonds. The number of rotatable bonds is 4. The molecule has 20 heavy (non-hydrogen) atoms.